The van der Waals surface area contributed by atoms with Crippen molar-refractivity contribution in [2.45, 2.75) is 13.5 Å². The molecule has 1 aromatic carbocycles. The highest BCUT2D eigenvalue weighted by molar-refractivity contribution is 7.21. The number of aryl methyl sites for hydroxylation is 1. The van der Waals surface area contributed by atoms with Gasteiger partial charge in [0.1, 0.15) is 17.1 Å². The lowest BCUT2D eigenvalue weighted by molar-refractivity contribution is -0.693. The highest BCUT2D eigenvalue weighted by atomic mass is 35.5. The van der Waals surface area contributed by atoms with Crippen LogP contribution in [0.4, 0.5) is 0 Å². The highest BCUT2D eigenvalue weighted by Crippen LogP contribution is 2.32. The third-order valence-corrected chi connectivity index (χ3v) is 4.25. The summed E-state index contributed by atoms with van der Waals surface area (Å²) < 4.78 is 3.26. The molecule has 0 aliphatic carbocycles. The number of benzene rings is 1. The summed E-state index contributed by atoms with van der Waals surface area (Å²) in [7, 11) is 0. The maximum absolute atomic E-state index is 6.15. The van der Waals surface area contributed by atoms with Crippen LogP contribution in [0.5, 0.6) is 0 Å². The molecule has 0 saturated carbocycles. The Morgan fingerprint density at radius 2 is 2.00 bits per heavy atom. The van der Waals surface area contributed by atoms with Crippen molar-refractivity contribution in [3.63, 3.8) is 0 Å². The van der Waals surface area contributed by atoms with E-state index in [1.807, 2.05) is 12.1 Å². The molecule has 90 valence electrons. The van der Waals surface area contributed by atoms with Gasteiger partial charge in [-0.25, -0.2) is 9.55 Å². The van der Waals surface area contributed by atoms with Crippen LogP contribution < -0.4 is 4.57 Å². The summed E-state index contributed by atoms with van der Waals surface area (Å²) in [5, 5.41) is 1.73. The lowest BCUT2D eigenvalue weighted by atomic mass is 10.3. The van der Waals surface area contributed by atoms with E-state index in [0.29, 0.717) is 0 Å². The SMILES string of the molecule is CC[n+]1ccc(-c2nc3c(Cl)cccc3s2)cc1. The van der Waals surface area contributed by atoms with Crippen molar-refractivity contribution in [3.05, 3.63) is 47.7 Å². The van der Waals surface area contributed by atoms with Gasteiger partial charge in [0.25, 0.3) is 0 Å². The fraction of sp³-hybridized carbons (Fsp3) is 0.143. The van der Waals surface area contributed by atoms with Crippen LogP contribution in [0.1, 0.15) is 6.92 Å². The Morgan fingerprint density at radius 1 is 1.22 bits per heavy atom. The molecule has 4 heteroatoms. The third-order valence-electron chi connectivity index (χ3n) is 2.87. The number of para-hydroxylation sites is 1. The number of rotatable bonds is 2. The normalized spacial score (nSPS) is 11.0. The lowest BCUT2D eigenvalue weighted by Crippen LogP contribution is -2.30. The Labute approximate surface area is 114 Å². The summed E-state index contributed by atoms with van der Waals surface area (Å²) >= 11 is 7.82. The summed E-state index contributed by atoms with van der Waals surface area (Å²) in [4.78, 5) is 4.62. The maximum Gasteiger partial charge on any atom is 0.169 e. The molecule has 0 aliphatic heterocycles. The van der Waals surface area contributed by atoms with E-state index in [1.165, 1.54) is 0 Å². The monoisotopic (exact) mass is 275 g/mol. The van der Waals surface area contributed by atoms with Crippen LogP contribution >= 0.6 is 22.9 Å². The molecule has 18 heavy (non-hydrogen) atoms. The standard InChI is InChI=1S/C14H12ClN2S/c1-2-17-8-6-10(7-9-17)14-16-13-11(15)4-3-5-12(13)18-14/h3-9H,2H2,1H3/q+1. The first-order valence-electron chi connectivity index (χ1n) is 5.82. The number of pyridine rings is 1. The van der Waals surface area contributed by atoms with Crippen LogP contribution in [-0.4, -0.2) is 4.98 Å². The Balaban J connectivity index is 2.10. The predicted molar refractivity (Wildman–Crippen MR) is 75.9 cm³/mol. The third kappa shape index (κ3) is 2.00. The van der Waals surface area contributed by atoms with Gasteiger partial charge in [0.15, 0.2) is 12.4 Å². The number of halogens is 1. The van der Waals surface area contributed by atoms with Crippen LogP contribution in [0.3, 0.4) is 0 Å². The van der Waals surface area contributed by atoms with Crippen molar-refractivity contribution < 1.29 is 4.57 Å². The average Bonchev–Trinajstić information content (AvgIpc) is 2.84. The quantitative estimate of drug-likeness (QED) is 0.648. The molecule has 2 nitrogen and oxygen atoms in total. The van der Waals surface area contributed by atoms with E-state index >= 15 is 0 Å². The molecule has 0 amide bonds. The van der Waals surface area contributed by atoms with Crippen LogP contribution in [-0.2, 0) is 6.54 Å². The topological polar surface area (TPSA) is 16.8 Å². The Hall–Kier alpha value is -1.45. The number of hydrogen-bond donors (Lipinski definition) is 0. The predicted octanol–water partition coefficient (Wildman–Crippen LogP) is 3.92. The minimum Gasteiger partial charge on any atom is -0.234 e. The van der Waals surface area contributed by atoms with E-state index in [1.54, 1.807) is 11.3 Å². The number of nitrogens with zero attached hydrogens (tertiary/aromatic N) is 2. The first-order valence-corrected chi connectivity index (χ1v) is 7.02. The van der Waals surface area contributed by atoms with Crippen molar-refractivity contribution in [2.75, 3.05) is 0 Å². The maximum atomic E-state index is 6.15. The smallest absolute Gasteiger partial charge is 0.169 e. The molecule has 0 saturated heterocycles. The van der Waals surface area contributed by atoms with Crippen LogP contribution in [0, 0.1) is 0 Å². The lowest BCUT2D eigenvalue weighted by Gasteiger charge is -1.94. The minimum absolute atomic E-state index is 0.717. The van der Waals surface area contributed by atoms with Gasteiger partial charge >= 0.3 is 0 Å². The van der Waals surface area contributed by atoms with E-state index in [0.717, 1.165) is 32.4 Å². The van der Waals surface area contributed by atoms with Crippen molar-refractivity contribution in [1.82, 2.24) is 4.98 Å². The molecule has 3 aromatic rings. The van der Waals surface area contributed by atoms with Crippen molar-refractivity contribution >= 4 is 33.2 Å². The zero-order valence-corrected chi connectivity index (χ0v) is 11.5. The van der Waals surface area contributed by atoms with Gasteiger partial charge < -0.3 is 0 Å². The first kappa shape index (κ1) is 11.6. The molecule has 0 bridgehead atoms. The van der Waals surface area contributed by atoms with Gasteiger partial charge in [-0.1, -0.05) is 17.7 Å². The second-order valence-corrected chi connectivity index (χ2v) is 5.46. The Morgan fingerprint density at radius 3 is 2.67 bits per heavy atom. The van der Waals surface area contributed by atoms with Gasteiger partial charge in [0, 0.05) is 17.7 Å². The molecule has 0 unspecified atom stereocenters. The summed E-state index contributed by atoms with van der Waals surface area (Å²) in [5.74, 6) is 0. The molecular weight excluding hydrogens is 264 g/mol. The zero-order valence-electron chi connectivity index (χ0n) is 9.93. The molecule has 0 atom stereocenters. The van der Waals surface area contributed by atoms with E-state index in [2.05, 4.69) is 47.1 Å². The summed E-state index contributed by atoms with van der Waals surface area (Å²) in [6, 6.07) is 10.1. The highest BCUT2D eigenvalue weighted by Gasteiger charge is 2.09. The number of hydrogen-bond acceptors (Lipinski definition) is 2. The molecule has 3 rings (SSSR count). The second-order valence-electron chi connectivity index (χ2n) is 4.02. The first-order chi connectivity index (χ1) is 8.78. The van der Waals surface area contributed by atoms with E-state index in [4.69, 9.17) is 11.6 Å². The Kier molecular flexibility index (Phi) is 3.02. The van der Waals surface area contributed by atoms with E-state index in [-0.39, 0.29) is 0 Å². The number of aromatic nitrogens is 2. The molecule has 0 fully saturated rings. The molecule has 0 spiro atoms. The molecule has 2 aromatic heterocycles. The van der Waals surface area contributed by atoms with Crippen LogP contribution in [0.25, 0.3) is 20.8 Å². The van der Waals surface area contributed by atoms with Crippen molar-refractivity contribution in [2.24, 2.45) is 0 Å². The Bertz CT molecular complexity index is 689. The summed E-state index contributed by atoms with van der Waals surface area (Å²) in [6.45, 7) is 3.10. The number of thiazole rings is 1. The molecular formula is C14H12ClN2S+. The van der Waals surface area contributed by atoms with Gasteiger partial charge in [0.05, 0.1) is 9.72 Å². The largest absolute Gasteiger partial charge is 0.234 e. The molecule has 0 radical (unpaired) electrons. The van der Waals surface area contributed by atoms with E-state index in [9.17, 15) is 0 Å². The van der Waals surface area contributed by atoms with Crippen molar-refractivity contribution in [3.8, 4) is 10.6 Å². The molecule has 0 N–H and O–H groups in total. The minimum atomic E-state index is 0.717. The number of fused-ring (bicyclic) bond motifs is 1. The van der Waals surface area contributed by atoms with Crippen LogP contribution in [0.2, 0.25) is 5.02 Å². The van der Waals surface area contributed by atoms with Gasteiger partial charge in [0.2, 0.25) is 0 Å². The van der Waals surface area contributed by atoms with Gasteiger partial charge in [-0.05, 0) is 19.1 Å². The second kappa shape index (κ2) is 4.67. The van der Waals surface area contributed by atoms with Gasteiger partial charge in [-0.2, -0.15) is 0 Å². The average molecular weight is 276 g/mol. The van der Waals surface area contributed by atoms with Crippen LogP contribution in [0.15, 0.2) is 42.7 Å². The molecule has 2 heterocycles. The molecule has 0 aliphatic rings. The van der Waals surface area contributed by atoms with Crippen molar-refractivity contribution in [1.29, 1.82) is 0 Å². The summed E-state index contributed by atoms with van der Waals surface area (Å²) in [5.41, 5.74) is 2.03. The van der Waals surface area contributed by atoms with Gasteiger partial charge in [-0.15, -0.1) is 11.3 Å². The fourth-order valence-corrected chi connectivity index (χ4v) is 3.12. The zero-order chi connectivity index (χ0) is 12.5. The fourth-order valence-electron chi connectivity index (χ4n) is 1.85. The van der Waals surface area contributed by atoms with E-state index < -0.39 is 0 Å². The summed E-state index contributed by atoms with van der Waals surface area (Å²) in [6.07, 6.45) is 4.14. The van der Waals surface area contributed by atoms with Gasteiger partial charge in [-0.3, -0.25) is 0 Å².